The minimum atomic E-state index is -2.53. The molecule has 0 radical (unpaired) electrons. The van der Waals surface area contributed by atoms with Crippen LogP contribution in [0.2, 0.25) is 0 Å². The summed E-state index contributed by atoms with van der Waals surface area (Å²) in [5.41, 5.74) is 4.51. The smallest absolute Gasteiger partial charge is 0.356 e. The average Bonchev–Trinajstić information content (AvgIpc) is 3.32. The highest BCUT2D eigenvalue weighted by Crippen LogP contribution is 2.32. The molecule has 0 saturated carbocycles. The molecule has 0 aliphatic carbocycles. The number of aromatic nitrogens is 4. The van der Waals surface area contributed by atoms with Gasteiger partial charge in [0.15, 0.2) is 5.69 Å². The van der Waals surface area contributed by atoms with E-state index in [9.17, 15) is 13.6 Å². The molecule has 3 heterocycles. The van der Waals surface area contributed by atoms with Gasteiger partial charge in [-0.1, -0.05) is 29.8 Å². The van der Waals surface area contributed by atoms with E-state index >= 15 is 0 Å². The zero-order chi connectivity index (χ0) is 21.3. The van der Waals surface area contributed by atoms with Gasteiger partial charge in [0.2, 0.25) is 0 Å². The normalized spacial score (nSPS) is 11.4. The lowest BCUT2D eigenvalue weighted by molar-refractivity contribution is 0.0518. The number of aryl methyl sites for hydroxylation is 1. The van der Waals surface area contributed by atoms with Crippen molar-refractivity contribution < 1.29 is 18.3 Å². The summed E-state index contributed by atoms with van der Waals surface area (Å²) in [7, 11) is 0. The van der Waals surface area contributed by atoms with Crippen molar-refractivity contribution in [2.75, 3.05) is 6.61 Å². The molecular weight excluding hydrogens is 390 g/mol. The Morgan fingerprint density at radius 2 is 1.83 bits per heavy atom. The predicted molar refractivity (Wildman–Crippen MR) is 109 cm³/mol. The highest BCUT2D eigenvalue weighted by atomic mass is 19.3. The van der Waals surface area contributed by atoms with Crippen LogP contribution in [0.25, 0.3) is 28.2 Å². The van der Waals surface area contributed by atoms with Crippen molar-refractivity contribution in [1.82, 2.24) is 18.9 Å². The van der Waals surface area contributed by atoms with E-state index < -0.39 is 18.9 Å². The summed E-state index contributed by atoms with van der Waals surface area (Å²) < 4.78 is 34.6. The molecule has 0 N–H and O–H groups in total. The van der Waals surface area contributed by atoms with Crippen molar-refractivity contribution in [3.8, 4) is 22.5 Å². The van der Waals surface area contributed by atoms with Crippen LogP contribution in [-0.2, 0) is 11.3 Å². The molecule has 4 rings (SSSR count). The molecule has 0 amide bonds. The van der Waals surface area contributed by atoms with Crippen LogP contribution in [0, 0.1) is 6.92 Å². The number of pyridine rings is 1. The van der Waals surface area contributed by atoms with Crippen LogP contribution in [0.3, 0.4) is 0 Å². The van der Waals surface area contributed by atoms with Crippen LogP contribution in [0.5, 0.6) is 0 Å². The molecular formula is C22H20F2N4O2. The molecule has 0 aliphatic rings. The first-order valence-corrected chi connectivity index (χ1v) is 9.53. The Hall–Kier alpha value is -3.55. The van der Waals surface area contributed by atoms with Gasteiger partial charge in [0, 0.05) is 17.3 Å². The lowest BCUT2D eigenvalue weighted by atomic mass is 10.0. The molecule has 0 fully saturated rings. The van der Waals surface area contributed by atoms with Gasteiger partial charge in [-0.15, -0.1) is 0 Å². The number of rotatable bonds is 6. The maximum Gasteiger partial charge on any atom is 0.356 e. The summed E-state index contributed by atoms with van der Waals surface area (Å²) in [5.74, 6) is -0.498. The number of ether oxygens (including phenoxy) is 1. The van der Waals surface area contributed by atoms with Gasteiger partial charge in [0.1, 0.15) is 5.65 Å². The molecule has 0 bridgehead atoms. The van der Waals surface area contributed by atoms with E-state index in [1.165, 1.54) is 17.1 Å². The molecule has 0 saturated heterocycles. The van der Waals surface area contributed by atoms with E-state index in [1.807, 2.05) is 31.2 Å². The van der Waals surface area contributed by atoms with E-state index in [2.05, 4.69) is 9.97 Å². The third-order valence-electron chi connectivity index (χ3n) is 4.76. The minimum Gasteiger partial charge on any atom is -0.461 e. The Bertz CT molecular complexity index is 1200. The number of imidazole rings is 2. The standard InChI is InChI=1S/C22H20F2N4O2/c1-3-30-22(29)17-10-25-19-9-8-16(11-28(17)19)21-20(15-6-4-14(2)5-7-15)26-13-27(21)12-18(23)24/h4-11,13,18H,3,12H2,1-2H3. The Kier molecular flexibility index (Phi) is 5.31. The second-order valence-electron chi connectivity index (χ2n) is 6.86. The topological polar surface area (TPSA) is 61.4 Å². The molecule has 4 aromatic rings. The van der Waals surface area contributed by atoms with Crippen LogP contribution in [0.4, 0.5) is 8.78 Å². The Balaban J connectivity index is 1.88. The fraction of sp³-hybridized carbons (Fsp3) is 0.227. The summed E-state index contributed by atoms with van der Waals surface area (Å²) in [6.45, 7) is 3.46. The van der Waals surface area contributed by atoms with Crippen LogP contribution >= 0.6 is 0 Å². The second-order valence-corrected chi connectivity index (χ2v) is 6.86. The number of nitrogens with zero attached hydrogens (tertiary/aromatic N) is 4. The summed E-state index contributed by atoms with van der Waals surface area (Å²) >= 11 is 0. The van der Waals surface area contributed by atoms with Gasteiger partial charge < -0.3 is 9.30 Å². The van der Waals surface area contributed by atoms with Crippen LogP contribution in [0.15, 0.2) is 55.1 Å². The largest absolute Gasteiger partial charge is 0.461 e. The van der Waals surface area contributed by atoms with E-state index in [-0.39, 0.29) is 12.3 Å². The summed E-state index contributed by atoms with van der Waals surface area (Å²) in [6.07, 6.45) is 2.02. The zero-order valence-electron chi connectivity index (χ0n) is 16.5. The quantitative estimate of drug-likeness (QED) is 0.436. The molecule has 0 spiro atoms. The van der Waals surface area contributed by atoms with E-state index in [0.29, 0.717) is 22.6 Å². The number of carbonyl (C=O) groups is 1. The SMILES string of the molecule is CCOC(=O)c1cnc2ccc(-c3c(-c4ccc(C)cc4)ncn3CC(F)F)cn12. The number of carbonyl (C=O) groups excluding carboxylic acids is 1. The van der Waals surface area contributed by atoms with Crippen molar-refractivity contribution in [2.24, 2.45) is 0 Å². The van der Waals surface area contributed by atoms with E-state index in [1.54, 1.807) is 29.7 Å². The first kappa shape index (κ1) is 19.8. The number of fused-ring (bicyclic) bond motifs is 1. The first-order chi connectivity index (χ1) is 14.5. The molecule has 0 atom stereocenters. The predicted octanol–water partition coefficient (Wildman–Crippen LogP) is 4.62. The van der Waals surface area contributed by atoms with Crippen LogP contribution < -0.4 is 0 Å². The number of hydrogen-bond donors (Lipinski definition) is 0. The molecule has 8 heteroatoms. The van der Waals surface area contributed by atoms with Crippen molar-refractivity contribution >= 4 is 11.6 Å². The Labute approximate surface area is 171 Å². The maximum absolute atomic E-state index is 13.2. The number of esters is 1. The van der Waals surface area contributed by atoms with Gasteiger partial charge in [0.05, 0.1) is 37.1 Å². The summed E-state index contributed by atoms with van der Waals surface area (Å²) in [6, 6.07) is 11.2. The fourth-order valence-corrected chi connectivity index (χ4v) is 3.37. The van der Waals surface area contributed by atoms with Crippen LogP contribution in [0.1, 0.15) is 23.0 Å². The van der Waals surface area contributed by atoms with Gasteiger partial charge in [0.25, 0.3) is 6.43 Å². The monoisotopic (exact) mass is 410 g/mol. The molecule has 0 unspecified atom stereocenters. The zero-order valence-corrected chi connectivity index (χ0v) is 16.5. The number of alkyl halides is 2. The Morgan fingerprint density at radius 1 is 1.10 bits per heavy atom. The third kappa shape index (κ3) is 3.68. The highest BCUT2D eigenvalue weighted by Gasteiger charge is 2.20. The number of hydrogen-bond acceptors (Lipinski definition) is 4. The Morgan fingerprint density at radius 3 is 2.53 bits per heavy atom. The van der Waals surface area contributed by atoms with Crippen molar-refractivity contribution in [3.63, 3.8) is 0 Å². The highest BCUT2D eigenvalue weighted by molar-refractivity contribution is 5.89. The van der Waals surface area contributed by atoms with E-state index in [4.69, 9.17) is 4.74 Å². The molecule has 30 heavy (non-hydrogen) atoms. The number of halogens is 2. The molecule has 1 aromatic carbocycles. The van der Waals surface area contributed by atoms with Gasteiger partial charge in [-0.3, -0.25) is 4.40 Å². The lowest BCUT2D eigenvalue weighted by Crippen LogP contribution is -2.09. The molecule has 154 valence electrons. The fourth-order valence-electron chi connectivity index (χ4n) is 3.37. The minimum absolute atomic E-state index is 0.241. The van der Waals surface area contributed by atoms with Crippen molar-refractivity contribution in [1.29, 1.82) is 0 Å². The number of benzene rings is 1. The summed E-state index contributed by atoms with van der Waals surface area (Å²) in [4.78, 5) is 20.9. The van der Waals surface area contributed by atoms with Gasteiger partial charge in [-0.25, -0.2) is 23.5 Å². The second kappa shape index (κ2) is 8.06. The van der Waals surface area contributed by atoms with Gasteiger partial charge >= 0.3 is 5.97 Å². The van der Waals surface area contributed by atoms with Gasteiger partial charge in [-0.2, -0.15) is 0 Å². The van der Waals surface area contributed by atoms with Crippen molar-refractivity contribution in [3.05, 3.63) is 66.4 Å². The van der Waals surface area contributed by atoms with Gasteiger partial charge in [-0.05, 0) is 26.0 Å². The summed E-state index contributed by atoms with van der Waals surface area (Å²) in [5, 5.41) is 0. The van der Waals surface area contributed by atoms with Crippen LogP contribution in [-0.4, -0.2) is 37.9 Å². The molecule has 6 nitrogen and oxygen atoms in total. The van der Waals surface area contributed by atoms with Crippen molar-refractivity contribution in [2.45, 2.75) is 26.8 Å². The average molecular weight is 410 g/mol. The maximum atomic E-state index is 13.2. The first-order valence-electron chi connectivity index (χ1n) is 9.53. The molecule has 3 aromatic heterocycles. The lowest BCUT2D eigenvalue weighted by Gasteiger charge is -2.11. The van der Waals surface area contributed by atoms with E-state index in [0.717, 1.165) is 11.1 Å². The molecule has 0 aliphatic heterocycles. The third-order valence-corrected chi connectivity index (χ3v) is 4.76.